The molecule has 1 unspecified atom stereocenters. The highest BCUT2D eigenvalue weighted by molar-refractivity contribution is 5.97. The van der Waals surface area contributed by atoms with Gasteiger partial charge in [0, 0.05) is 25.3 Å². The molecular formula is C15H21NO5. The number of amides is 1. The van der Waals surface area contributed by atoms with E-state index >= 15 is 0 Å². The summed E-state index contributed by atoms with van der Waals surface area (Å²) in [5.41, 5.74) is 1.04. The summed E-state index contributed by atoms with van der Waals surface area (Å²) in [6, 6.07) is 0. The van der Waals surface area contributed by atoms with Crippen LogP contribution in [0.4, 0.5) is 0 Å². The lowest BCUT2D eigenvalue weighted by Crippen LogP contribution is -2.37. The van der Waals surface area contributed by atoms with Gasteiger partial charge in [-0.1, -0.05) is 0 Å². The Kier molecular flexibility index (Phi) is 5.01. The Morgan fingerprint density at radius 1 is 1.48 bits per heavy atom. The molecular weight excluding hydrogens is 274 g/mol. The molecule has 0 aliphatic carbocycles. The zero-order valence-electron chi connectivity index (χ0n) is 12.4. The number of nitrogens with zero attached hydrogens (tertiary/aromatic N) is 1. The molecule has 6 nitrogen and oxygen atoms in total. The standard InChI is InChI=1S/C15H21NO5/c1-3-16(8-11-5-4-6-20-11)15(19)14-10(2)9-21-12(14)7-13(17)18/h9,11H,3-8H2,1-2H3,(H,17,18). The summed E-state index contributed by atoms with van der Waals surface area (Å²) in [5.74, 6) is -0.980. The normalized spacial score (nSPS) is 17.9. The van der Waals surface area contributed by atoms with Gasteiger partial charge in [-0.05, 0) is 26.7 Å². The topological polar surface area (TPSA) is 80.0 Å². The Hall–Kier alpha value is -1.82. The largest absolute Gasteiger partial charge is 0.481 e. The van der Waals surface area contributed by atoms with Crippen molar-refractivity contribution >= 4 is 11.9 Å². The average molecular weight is 295 g/mol. The Labute approximate surface area is 123 Å². The third-order valence-electron chi connectivity index (χ3n) is 3.69. The number of aliphatic carboxylic acids is 1. The van der Waals surface area contributed by atoms with E-state index < -0.39 is 5.97 Å². The maximum atomic E-state index is 12.7. The number of likely N-dealkylation sites (N-methyl/N-ethyl adjacent to an activating group) is 1. The summed E-state index contributed by atoms with van der Waals surface area (Å²) in [4.78, 5) is 25.2. The summed E-state index contributed by atoms with van der Waals surface area (Å²) in [6.45, 7) is 5.48. The SMILES string of the molecule is CCN(CC1CCCO1)C(=O)c1c(C)coc1CC(=O)O. The van der Waals surface area contributed by atoms with Crippen molar-refractivity contribution in [2.24, 2.45) is 0 Å². The number of furan rings is 1. The number of carboxylic acid groups (broad SMARTS) is 1. The molecule has 1 atom stereocenters. The number of hydrogen-bond donors (Lipinski definition) is 1. The first-order valence-corrected chi connectivity index (χ1v) is 7.22. The van der Waals surface area contributed by atoms with Crippen LogP contribution in [-0.4, -0.2) is 47.7 Å². The summed E-state index contributed by atoms with van der Waals surface area (Å²) < 4.78 is 10.8. The Balaban J connectivity index is 2.16. The van der Waals surface area contributed by atoms with Crippen LogP contribution in [0.2, 0.25) is 0 Å². The molecule has 0 bridgehead atoms. The van der Waals surface area contributed by atoms with Crippen LogP contribution in [0.1, 0.15) is 41.4 Å². The number of carbonyl (C=O) groups excluding carboxylic acids is 1. The van der Waals surface area contributed by atoms with Crippen molar-refractivity contribution in [1.82, 2.24) is 4.90 Å². The van der Waals surface area contributed by atoms with Gasteiger partial charge in [0.15, 0.2) is 0 Å². The third kappa shape index (κ3) is 3.64. The van der Waals surface area contributed by atoms with Crippen LogP contribution in [-0.2, 0) is 16.0 Å². The minimum Gasteiger partial charge on any atom is -0.481 e. The van der Waals surface area contributed by atoms with Crippen molar-refractivity contribution in [3.63, 3.8) is 0 Å². The maximum Gasteiger partial charge on any atom is 0.311 e. The van der Waals surface area contributed by atoms with Crippen LogP contribution in [0.3, 0.4) is 0 Å². The first-order valence-electron chi connectivity index (χ1n) is 7.22. The molecule has 1 fully saturated rings. The summed E-state index contributed by atoms with van der Waals surface area (Å²) in [7, 11) is 0. The lowest BCUT2D eigenvalue weighted by atomic mass is 10.1. The molecule has 0 aromatic carbocycles. The molecule has 1 aliphatic rings. The number of carboxylic acids is 1. The van der Waals surface area contributed by atoms with Crippen LogP contribution in [0.5, 0.6) is 0 Å². The molecule has 1 amide bonds. The monoisotopic (exact) mass is 295 g/mol. The molecule has 6 heteroatoms. The summed E-state index contributed by atoms with van der Waals surface area (Å²) >= 11 is 0. The molecule has 2 heterocycles. The summed E-state index contributed by atoms with van der Waals surface area (Å²) in [5, 5.41) is 8.90. The van der Waals surface area contributed by atoms with Crippen LogP contribution in [0.15, 0.2) is 10.7 Å². The first kappa shape index (κ1) is 15.6. The molecule has 0 spiro atoms. The maximum absolute atomic E-state index is 12.7. The van der Waals surface area contributed by atoms with Gasteiger partial charge in [-0.25, -0.2) is 0 Å². The molecule has 1 aromatic rings. The van der Waals surface area contributed by atoms with Crippen molar-refractivity contribution < 1.29 is 23.8 Å². The van der Waals surface area contributed by atoms with Gasteiger partial charge in [0.05, 0.1) is 17.9 Å². The van der Waals surface area contributed by atoms with E-state index in [1.165, 1.54) is 6.26 Å². The van der Waals surface area contributed by atoms with E-state index in [1.807, 2.05) is 6.92 Å². The molecule has 0 radical (unpaired) electrons. The lowest BCUT2D eigenvalue weighted by Gasteiger charge is -2.24. The van der Waals surface area contributed by atoms with Gasteiger partial charge >= 0.3 is 5.97 Å². The zero-order chi connectivity index (χ0) is 15.4. The quantitative estimate of drug-likeness (QED) is 0.866. The number of rotatable bonds is 6. The van der Waals surface area contributed by atoms with Gasteiger partial charge in [0.1, 0.15) is 12.2 Å². The van der Waals surface area contributed by atoms with Crippen molar-refractivity contribution in [1.29, 1.82) is 0 Å². The van der Waals surface area contributed by atoms with Gasteiger partial charge in [-0.2, -0.15) is 0 Å². The average Bonchev–Trinajstić information content (AvgIpc) is 3.05. The fraction of sp³-hybridized carbons (Fsp3) is 0.600. The second-order valence-corrected chi connectivity index (χ2v) is 5.27. The highest BCUT2D eigenvalue weighted by atomic mass is 16.5. The van der Waals surface area contributed by atoms with Crippen LogP contribution >= 0.6 is 0 Å². The van der Waals surface area contributed by atoms with E-state index in [4.69, 9.17) is 14.3 Å². The lowest BCUT2D eigenvalue weighted by molar-refractivity contribution is -0.136. The van der Waals surface area contributed by atoms with Gasteiger partial charge in [-0.3, -0.25) is 9.59 Å². The molecule has 1 N–H and O–H groups in total. The zero-order valence-corrected chi connectivity index (χ0v) is 12.4. The van der Waals surface area contributed by atoms with E-state index in [-0.39, 0.29) is 24.2 Å². The summed E-state index contributed by atoms with van der Waals surface area (Å²) in [6.07, 6.45) is 3.20. The van der Waals surface area contributed by atoms with Crippen molar-refractivity contribution in [2.75, 3.05) is 19.7 Å². The van der Waals surface area contributed by atoms with E-state index in [0.29, 0.717) is 24.2 Å². The van der Waals surface area contributed by atoms with Gasteiger partial charge in [0.25, 0.3) is 5.91 Å². The van der Waals surface area contributed by atoms with E-state index in [1.54, 1.807) is 11.8 Å². The van der Waals surface area contributed by atoms with Gasteiger partial charge in [0.2, 0.25) is 0 Å². The highest BCUT2D eigenvalue weighted by Crippen LogP contribution is 2.21. The molecule has 116 valence electrons. The number of aryl methyl sites for hydroxylation is 1. The first-order chi connectivity index (χ1) is 10.0. The van der Waals surface area contributed by atoms with E-state index in [0.717, 1.165) is 19.4 Å². The predicted octanol–water partition coefficient (Wildman–Crippen LogP) is 1.86. The molecule has 1 aromatic heterocycles. The molecule has 1 aliphatic heterocycles. The predicted molar refractivity (Wildman–Crippen MR) is 75.3 cm³/mol. The van der Waals surface area contributed by atoms with Crippen molar-refractivity contribution in [2.45, 2.75) is 39.2 Å². The number of carbonyl (C=O) groups is 2. The van der Waals surface area contributed by atoms with Gasteiger partial charge < -0.3 is 19.2 Å². The molecule has 21 heavy (non-hydrogen) atoms. The molecule has 2 rings (SSSR count). The minimum absolute atomic E-state index is 0.0732. The Bertz CT molecular complexity index is 516. The van der Waals surface area contributed by atoms with Crippen molar-refractivity contribution in [3.05, 3.63) is 23.2 Å². The Morgan fingerprint density at radius 2 is 2.24 bits per heavy atom. The Morgan fingerprint density at radius 3 is 2.81 bits per heavy atom. The van der Waals surface area contributed by atoms with E-state index in [9.17, 15) is 9.59 Å². The van der Waals surface area contributed by atoms with E-state index in [2.05, 4.69) is 0 Å². The minimum atomic E-state index is -1.01. The molecule has 0 saturated carbocycles. The smallest absolute Gasteiger partial charge is 0.311 e. The van der Waals surface area contributed by atoms with Crippen LogP contribution < -0.4 is 0 Å². The third-order valence-corrected chi connectivity index (χ3v) is 3.69. The second-order valence-electron chi connectivity index (χ2n) is 5.27. The molecule has 1 saturated heterocycles. The number of ether oxygens (including phenoxy) is 1. The fourth-order valence-corrected chi connectivity index (χ4v) is 2.60. The van der Waals surface area contributed by atoms with Crippen molar-refractivity contribution in [3.8, 4) is 0 Å². The highest BCUT2D eigenvalue weighted by Gasteiger charge is 2.27. The second kappa shape index (κ2) is 6.76. The fourth-order valence-electron chi connectivity index (χ4n) is 2.60. The van der Waals surface area contributed by atoms with Crippen LogP contribution in [0, 0.1) is 6.92 Å². The number of hydrogen-bond acceptors (Lipinski definition) is 4. The van der Waals surface area contributed by atoms with Crippen LogP contribution in [0.25, 0.3) is 0 Å². The van der Waals surface area contributed by atoms with Gasteiger partial charge in [-0.15, -0.1) is 0 Å².